The Morgan fingerprint density at radius 2 is 2.24 bits per heavy atom. The van der Waals surface area contributed by atoms with Gasteiger partial charge in [0.15, 0.2) is 5.82 Å². The van der Waals surface area contributed by atoms with E-state index in [-0.39, 0.29) is 5.82 Å². The van der Waals surface area contributed by atoms with Crippen molar-refractivity contribution in [1.29, 1.82) is 0 Å². The molecule has 4 heteroatoms. The number of para-hydroxylation sites is 1. The van der Waals surface area contributed by atoms with Gasteiger partial charge in [-0.25, -0.2) is 9.37 Å². The van der Waals surface area contributed by atoms with Gasteiger partial charge < -0.3 is 4.57 Å². The second kappa shape index (κ2) is 6.35. The molecule has 0 amide bonds. The fourth-order valence-electron chi connectivity index (χ4n) is 3.62. The third kappa shape index (κ3) is 3.08. The number of hydrogen-bond acceptors (Lipinski definition) is 1. The molecular weight excluding hydrogens is 287 g/mol. The van der Waals surface area contributed by atoms with Gasteiger partial charge in [-0.3, -0.25) is 0 Å². The average Bonchev–Trinajstić information content (AvgIpc) is 2.79. The van der Waals surface area contributed by atoms with Crippen molar-refractivity contribution in [1.82, 2.24) is 9.55 Å². The first kappa shape index (κ1) is 14.8. The maximum Gasteiger partial charge on any atom is 0.151 e. The maximum atomic E-state index is 14.0. The summed E-state index contributed by atoms with van der Waals surface area (Å²) in [6.07, 6.45) is 5.86. The zero-order chi connectivity index (χ0) is 14.8. The summed E-state index contributed by atoms with van der Waals surface area (Å²) in [5.74, 6) is 2.67. The summed E-state index contributed by atoms with van der Waals surface area (Å²) < 4.78 is 16.1. The molecule has 0 aliphatic heterocycles. The first-order valence-electron chi connectivity index (χ1n) is 7.88. The number of halogens is 2. The Labute approximate surface area is 130 Å². The molecule has 2 atom stereocenters. The summed E-state index contributed by atoms with van der Waals surface area (Å²) in [5.41, 5.74) is 1.40. The van der Waals surface area contributed by atoms with Crippen LogP contribution in [0.25, 0.3) is 11.0 Å². The van der Waals surface area contributed by atoms with Crippen molar-refractivity contribution in [2.75, 3.05) is 5.88 Å². The Bertz CT molecular complexity index is 623. The van der Waals surface area contributed by atoms with E-state index in [9.17, 15) is 4.39 Å². The van der Waals surface area contributed by atoms with E-state index < -0.39 is 0 Å². The highest BCUT2D eigenvalue weighted by Crippen LogP contribution is 2.31. The Kier molecular flexibility index (Phi) is 4.48. The van der Waals surface area contributed by atoms with Crippen LogP contribution in [0.4, 0.5) is 4.39 Å². The SMILES string of the molecule is CC1CCCC(Cn2c(CCCl)nc3c(F)cccc32)C1. The van der Waals surface area contributed by atoms with Crippen molar-refractivity contribution in [2.24, 2.45) is 11.8 Å². The highest BCUT2D eigenvalue weighted by atomic mass is 35.5. The van der Waals surface area contributed by atoms with Gasteiger partial charge in [0.05, 0.1) is 5.52 Å². The molecule has 0 bridgehead atoms. The van der Waals surface area contributed by atoms with Gasteiger partial charge in [-0.05, 0) is 36.8 Å². The molecule has 0 radical (unpaired) electrons. The van der Waals surface area contributed by atoms with E-state index in [1.807, 2.05) is 6.07 Å². The van der Waals surface area contributed by atoms with E-state index in [0.717, 1.165) is 23.8 Å². The molecular formula is C17H22ClFN2. The molecule has 0 N–H and O–H groups in total. The lowest BCUT2D eigenvalue weighted by molar-refractivity contribution is 0.257. The largest absolute Gasteiger partial charge is 0.328 e. The quantitative estimate of drug-likeness (QED) is 0.743. The third-order valence-corrected chi connectivity index (χ3v) is 4.80. The number of aromatic nitrogens is 2. The van der Waals surface area contributed by atoms with Crippen LogP contribution in [0.15, 0.2) is 18.2 Å². The van der Waals surface area contributed by atoms with Gasteiger partial charge >= 0.3 is 0 Å². The monoisotopic (exact) mass is 308 g/mol. The number of alkyl halides is 1. The zero-order valence-corrected chi connectivity index (χ0v) is 13.2. The molecule has 21 heavy (non-hydrogen) atoms. The Morgan fingerprint density at radius 3 is 3.00 bits per heavy atom. The summed E-state index contributed by atoms with van der Waals surface area (Å²) >= 11 is 5.89. The fraction of sp³-hybridized carbons (Fsp3) is 0.588. The van der Waals surface area contributed by atoms with E-state index >= 15 is 0 Å². The standard InChI is InChI=1S/C17H22ClFN2/c1-12-4-2-5-13(10-12)11-21-15-7-3-6-14(19)17(15)20-16(21)8-9-18/h3,6-7,12-13H,2,4-5,8-11H2,1H3. The lowest BCUT2D eigenvalue weighted by Crippen LogP contribution is -2.19. The molecule has 0 saturated heterocycles. The van der Waals surface area contributed by atoms with E-state index in [1.54, 1.807) is 6.07 Å². The van der Waals surface area contributed by atoms with Crippen molar-refractivity contribution < 1.29 is 4.39 Å². The molecule has 2 unspecified atom stereocenters. The predicted molar refractivity (Wildman–Crippen MR) is 85.2 cm³/mol. The van der Waals surface area contributed by atoms with Crippen LogP contribution in [0.1, 0.15) is 38.4 Å². The summed E-state index contributed by atoms with van der Waals surface area (Å²) in [4.78, 5) is 4.49. The highest BCUT2D eigenvalue weighted by Gasteiger charge is 2.22. The van der Waals surface area contributed by atoms with Crippen molar-refractivity contribution in [3.8, 4) is 0 Å². The summed E-state index contributed by atoms with van der Waals surface area (Å²) in [6, 6.07) is 5.21. The minimum absolute atomic E-state index is 0.237. The lowest BCUT2D eigenvalue weighted by Gasteiger charge is -2.27. The summed E-state index contributed by atoms with van der Waals surface area (Å²) in [7, 11) is 0. The van der Waals surface area contributed by atoms with Crippen LogP contribution in [0.5, 0.6) is 0 Å². The molecule has 1 fully saturated rings. The Hall–Kier alpha value is -1.09. The van der Waals surface area contributed by atoms with E-state index in [0.29, 0.717) is 23.7 Å². The van der Waals surface area contributed by atoms with Gasteiger partial charge in [-0.2, -0.15) is 0 Å². The van der Waals surface area contributed by atoms with Crippen LogP contribution in [0.2, 0.25) is 0 Å². The van der Waals surface area contributed by atoms with Crippen molar-refractivity contribution in [3.05, 3.63) is 29.8 Å². The van der Waals surface area contributed by atoms with Gasteiger partial charge in [-0.15, -0.1) is 11.6 Å². The smallest absolute Gasteiger partial charge is 0.151 e. The average molecular weight is 309 g/mol. The molecule has 3 rings (SSSR count). The first-order valence-corrected chi connectivity index (χ1v) is 8.42. The maximum absolute atomic E-state index is 14.0. The minimum atomic E-state index is -0.237. The van der Waals surface area contributed by atoms with Crippen LogP contribution in [-0.2, 0) is 13.0 Å². The van der Waals surface area contributed by atoms with Gasteiger partial charge in [-0.1, -0.05) is 25.8 Å². The first-order chi connectivity index (χ1) is 10.2. The Morgan fingerprint density at radius 1 is 1.38 bits per heavy atom. The Balaban J connectivity index is 1.95. The fourth-order valence-corrected chi connectivity index (χ4v) is 3.79. The van der Waals surface area contributed by atoms with E-state index in [2.05, 4.69) is 16.5 Å². The molecule has 1 aromatic carbocycles. The van der Waals surface area contributed by atoms with Crippen LogP contribution in [0.3, 0.4) is 0 Å². The number of hydrogen-bond donors (Lipinski definition) is 0. The number of fused-ring (bicyclic) bond motifs is 1. The minimum Gasteiger partial charge on any atom is -0.328 e. The molecule has 1 aliphatic rings. The second-order valence-electron chi connectivity index (χ2n) is 6.32. The highest BCUT2D eigenvalue weighted by molar-refractivity contribution is 6.17. The third-order valence-electron chi connectivity index (χ3n) is 4.61. The summed E-state index contributed by atoms with van der Waals surface area (Å²) in [5, 5.41) is 0. The topological polar surface area (TPSA) is 17.8 Å². The lowest BCUT2D eigenvalue weighted by atomic mass is 9.82. The van der Waals surface area contributed by atoms with Crippen LogP contribution >= 0.6 is 11.6 Å². The molecule has 1 aromatic heterocycles. The second-order valence-corrected chi connectivity index (χ2v) is 6.70. The van der Waals surface area contributed by atoms with Crippen LogP contribution in [0, 0.1) is 17.7 Å². The number of imidazole rings is 1. The molecule has 1 aliphatic carbocycles. The molecule has 1 heterocycles. The summed E-state index contributed by atoms with van der Waals surface area (Å²) in [6.45, 7) is 3.27. The van der Waals surface area contributed by atoms with Gasteiger partial charge in [0.1, 0.15) is 11.3 Å². The zero-order valence-electron chi connectivity index (χ0n) is 12.5. The van der Waals surface area contributed by atoms with Crippen molar-refractivity contribution in [2.45, 2.75) is 45.6 Å². The molecule has 2 aromatic rings. The van der Waals surface area contributed by atoms with Crippen LogP contribution in [-0.4, -0.2) is 15.4 Å². The molecule has 1 saturated carbocycles. The van der Waals surface area contributed by atoms with Gasteiger partial charge in [0, 0.05) is 18.8 Å². The molecule has 0 spiro atoms. The van der Waals surface area contributed by atoms with Gasteiger partial charge in [0.2, 0.25) is 0 Å². The predicted octanol–water partition coefficient (Wildman–Crippen LogP) is 4.78. The molecule has 2 nitrogen and oxygen atoms in total. The van der Waals surface area contributed by atoms with E-state index in [1.165, 1.54) is 31.7 Å². The number of benzene rings is 1. The van der Waals surface area contributed by atoms with Crippen molar-refractivity contribution >= 4 is 22.6 Å². The van der Waals surface area contributed by atoms with Crippen molar-refractivity contribution in [3.63, 3.8) is 0 Å². The van der Waals surface area contributed by atoms with E-state index in [4.69, 9.17) is 11.6 Å². The number of aryl methyl sites for hydroxylation is 1. The van der Waals surface area contributed by atoms with Gasteiger partial charge in [0.25, 0.3) is 0 Å². The normalized spacial score (nSPS) is 22.8. The van der Waals surface area contributed by atoms with Crippen LogP contribution < -0.4 is 0 Å². The number of rotatable bonds is 4. The number of nitrogens with zero attached hydrogens (tertiary/aromatic N) is 2. The molecule has 114 valence electrons.